The molecule has 0 bridgehead atoms. The minimum atomic E-state index is -5.08. The number of carbonyl (C=O) groups excluding carboxylic acids is 1. The Morgan fingerprint density at radius 3 is 1.95 bits per heavy atom. The first-order valence-electron chi connectivity index (χ1n) is 9.75. The molecule has 0 unspecified atom stereocenters. The summed E-state index contributed by atoms with van der Waals surface area (Å²) in [5, 5.41) is 9.48. The Balaban J connectivity index is 0.000000604. The van der Waals surface area contributed by atoms with Gasteiger partial charge in [0, 0.05) is 18.6 Å². The lowest BCUT2D eigenvalue weighted by atomic mass is 9.97. The van der Waals surface area contributed by atoms with E-state index >= 15 is 0 Å². The molecule has 0 aliphatic heterocycles. The number of carboxylic acid groups (broad SMARTS) is 1. The largest absolute Gasteiger partial charge is 0.490 e. The van der Waals surface area contributed by atoms with E-state index in [1.54, 1.807) is 0 Å². The van der Waals surface area contributed by atoms with E-state index in [9.17, 15) is 44.3 Å². The van der Waals surface area contributed by atoms with Crippen LogP contribution in [0.5, 0.6) is 0 Å². The molecule has 200 valence electrons. The zero-order chi connectivity index (χ0) is 28.0. The summed E-state index contributed by atoms with van der Waals surface area (Å²) < 4.78 is 113. The lowest BCUT2D eigenvalue weighted by Gasteiger charge is -2.17. The lowest BCUT2D eigenvalue weighted by molar-refractivity contribution is -0.192. The second-order valence-electron chi connectivity index (χ2n) is 7.07. The Kier molecular flexibility index (Phi) is 8.90. The summed E-state index contributed by atoms with van der Waals surface area (Å²) in [7, 11) is 0. The third kappa shape index (κ3) is 8.50. The molecule has 0 radical (unpaired) electrons. The van der Waals surface area contributed by atoms with Gasteiger partial charge < -0.3 is 15.0 Å². The number of hydrogen-bond acceptors (Lipinski definition) is 4. The molecule has 1 aromatic carbocycles. The predicted molar refractivity (Wildman–Crippen MR) is 107 cm³/mol. The molecule has 3 aromatic rings. The van der Waals surface area contributed by atoms with Gasteiger partial charge in [-0.2, -0.15) is 39.5 Å². The van der Waals surface area contributed by atoms with Crippen molar-refractivity contribution < 1.29 is 54.2 Å². The van der Waals surface area contributed by atoms with Crippen LogP contribution in [0.3, 0.4) is 0 Å². The van der Waals surface area contributed by atoms with Crippen LogP contribution in [0, 0.1) is 0 Å². The van der Waals surface area contributed by atoms with Crippen LogP contribution in [-0.2, 0) is 35.0 Å². The Bertz CT molecular complexity index is 1200. The number of hydrogen-bond donors (Lipinski definition) is 2. The number of aromatic nitrogens is 3. The van der Waals surface area contributed by atoms with Crippen LogP contribution in [0.4, 0.5) is 39.5 Å². The van der Waals surface area contributed by atoms with Crippen molar-refractivity contribution in [2.75, 3.05) is 0 Å². The number of aliphatic carboxylic acids is 1. The summed E-state index contributed by atoms with van der Waals surface area (Å²) >= 11 is 0. The van der Waals surface area contributed by atoms with E-state index in [2.05, 4.69) is 15.3 Å². The maximum Gasteiger partial charge on any atom is 0.490 e. The van der Waals surface area contributed by atoms with Gasteiger partial charge in [0.25, 0.3) is 0 Å². The van der Waals surface area contributed by atoms with Crippen LogP contribution in [0.1, 0.15) is 16.8 Å². The number of nitrogens with zero attached hydrogens (tertiary/aromatic N) is 3. The third-order valence-corrected chi connectivity index (χ3v) is 4.42. The molecule has 0 aliphatic rings. The monoisotopic (exact) mass is 542 g/mol. The number of rotatable bonds is 5. The van der Waals surface area contributed by atoms with Crippen molar-refractivity contribution in [2.45, 2.75) is 31.6 Å². The highest BCUT2D eigenvalue weighted by molar-refractivity contribution is 5.76. The van der Waals surface area contributed by atoms with Crippen LogP contribution < -0.4 is 5.32 Å². The number of amides is 1. The van der Waals surface area contributed by atoms with Crippen molar-refractivity contribution >= 4 is 11.9 Å². The third-order valence-electron chi connectivity index (χ3n) is 4.42. The van der Waals surface area contributed by atoms with Crippen LogP contribution in [0.2, 0.25) is 0 Å². The number of alkyl halides is 9. The van der Waals surface area contributed by atoms with Crippen molar-refractivity contribution in [3.8, 4) is 11.1 Å². The first-order valence-corrected chi connectivity index (χ1v) is 9.75. The van der Waals surface area contributed by atoms with Gasteiger partial charge in [-0.05, 0) is 29.3 Å². The fourth-order valence-corrected chi connectivity index (χ4v) is 2.82. The average Bonchev–Trinajstić information content (AvgIpc) is 3.29. The molecule has 16 heteroatoms. The smallest absolute Gasteiger partial charge is 0.475 e. The molecule has 0 fully saturated rings. The highest BCUT2D eigenvalue weighted by Crippen LogP contribution is 2.39. The van der Waals surface area contributed by atoms with E-state index in [0.717, 1.165) is 24.4 Å². The van der Waals surface area contributed by atoms with E-state index in [0.29, 0.717) is 12.1 Å². The second kappa shape index (κ2) is 11.3. The molecule has 3 rings (SSSR count). The minimum absolute atomic E-state index is 0.0521. The number of imidazole rings is 1. The van der Waals surface area contributed by atoms with Gasteiger partial charge in [0.05, 0.1) is 29.7 Å². The molecule has 0 saturated carbocycles. The maximum atomic E-state index is 13.7. The Hall–Kier alpha value is -4.11. The Morgan fingerprint density at radius 2 is 1.49 bits per heavy atom. The molecule has 0 saturated heterocycles. The summed E-state index contributed by atoms with van der Waals surface area (Å²) in [6.07, 6.45) is -9.07. The number of pyridine rings is 1. The predicted octanol–water partition coefficient (Wildman–Crippen LogP) is 4.93. The highest BCUT2D eigenvalue weighted by atomic mass is 19.4. The van der Waals surface area contributed by atoms with E-state index in [1.165, 1.54) is 23.3 Å². The van der Waals surface area contributed by atoms with Gasteiger partial charge in [-0.25, -0.2) is 9.78 Å². The average molecular weight is 542 g/mol. The SMILES string of the molecule is O=C(Cn1ccnc1)NCc1nccc(-c2ccc(C(F)(F)F)cc2)c1C(F)(F)F.O=C(O)C(F)(F)F. The lowest BCUT2D eigenvalue weighted by Crippen LogP contribution is -2.28. The summed E-state index contributed by atoms with van der Waals surface area (Å²) in [5.41, 5.74) is -2.92. The number of carbonyl (C=O) groups is 2. The van der Waals surface area contributed by atoms with Crippen LogP contribution in [0.25, 0.3) is 11.1 Å². The zero-order valence-electron chi connectivity index (χ0n) is 18.1. The summed E-state index contributed by atoms with van der Waals surface area (Å²) in [6, 6.07) is 4.43. The minimum Gasteiger partial charge on any atom is -0.475 e. The first-order chi connectivity index (χ1) is 17.0. The van der Waals surface area contributed by atoms with Crippen molar-refractivity contribution in [3.05, 3.63) is 72.1 Å². The Morgan fingerprint density at radius 1 is 0.892 bits per heavy atom. The van der Waals surface area contributed by atoms with Gasteiger partial charge in [0.1, 0.15) is 6.54 Å². The van der Waals surface area contributed by atoms with E-state index in [-0.39, 0.29) is 17.7 Å². The van der Waals surface area contributed by atoms with E-state index in [1.807, 2.05) is 0 Å². The molecule has 2 N–H and O–H groups in total. The summed E-state index contributed by atoms with van der Waals surface area (Å²) in [6.45, 7) is -0.642. The van der Waals surface area contributed by atoms with Crippen molar-refractivity contribution in [3.63, 3.8) is 0 Å². The van der Waals surface area contributed by atoms with Gasteiger partial charge in [-0.1, -0.05) is 12.1 Å². The van der Waals surface area contributed by atoms with Crippen LogP contribution in [-0.4, -0.2) is 37.7 Å². The standard InChI is InChI=1S/C19H14F6N4O.C2HF3O2/c20-18(21,22)13-3-1-12(2-4-13)14-5-6-27-15(17(14)19(23,24)25)9-28-16(30)10-29-8-7-26-11-29;3-2(4,5)1(6)7/h1-8,11H,9-10H2,(H,28,30);(H,6,7). The number of benzene rings is 1. The number of nitrogens with one attached hydrogen (secondary N) is 1. The quantitative estimate of drug-likeness (QED) is 0.446. The fourth-order valence-electron chi connectivity index (χ4n) is 2.82. The van der Waals surface area contributed by atoms with E-state index in [4.69, 9.17) is 9.90 Å². The molecule has 1 amide bonds. The second-order valence-corrected chi connectivity index (χ2v) is 7.07. The molecule has 0 spiro atoms. The van der Waals surface area contributed by atoms with Crippen molar-refractivity contribution in [2.24, 2.45) is 0 Å². The van der Waals surface area contributed by atoms with Gasteiger partial charge in [0.2, 0.25) is 5.91 Å². The van der Waals surface area contributed by atoms with E-state index < -0.39 is 53.8 Å². The molecule has 0 aliphatic carbocycles. The fraction of sp³-hybridized carbons (Fsp3) is 0.238. The van der Waals surface area contributed by atoms with Gasteiger partial charge in [-0.3, -0.25) is 9.78 Å². The maximum absolute atomic E-state index is 13.7. The molecule has 0 atom stereocenters. The number of halogens is 9. The Labute approximate surface area is 201 Å². The molecule has 2 aromatic heterocycles. The van der Waals surface area contributed by atoms with Crippen molar-refractivity contribution in [1.82, 2.24) is 19.9 Å². The molecular formula is C21H15F9N4O3. The first kappa shape index (κ1) is 29.1. The summed E-state index contributed by atoms with van der Waals surface area (Å²) in [4.78, 5) is 28.3. The van der Waals surface area contributed by atoms with Crippen molar-refractivity contribution in [1.29, 1.82) is 0 Å². The van der Waals surface area contributed by atoms with Gasteiger partial charge in [0.15, 0.2) is 0 Å². The number of carboxylic acids is 1. The summed E-state index contributed by atoms with van der Waals surface area (Å²) in [5.74, 6) is -3.31. The normalized spacial score (nSPS) is 11.9. The molecule has 2 heterocycles. The van der Waals surface area contributed by atoms with Crippen LogP contribution in [0.15, 0.2) is 55.2 Å². The van der Waals surface area contributed by atoms with Crippen LogP contribution >= 0.6 is 0 Å². The van der Waals surface area contributed by atoms with Gasteiger partial charge in [-0.15, -0.1) is 0 Å². The zero-order valence-corrected chi connectivity index (χ0v) is 18.1. The topological polar surface area (TPSA) is 97.1 Å². The highest BCUT2D eigenvalue weighted by Gasteiger charge is 2.39. The molecular weight excluding hydrogens is 527 g/mol. The van der Waals surface area contributed by atoms with Gasteiger partial charge >= 0.3 is 24.5 Å². The molecule has 37 heavy (non-hydrogen) atoms. The molecule has 7 nitrogen and oxygen atoms in total.